The maximum atomic E-state index is 16.1. The lowest BCUT2D eigenvalue weighted by Crippen LogP contribution is -2.52. The first-order valence-electron chi connectivity index (χ1n) is 12.8. The normalized spacial score (nSPS) is 19.7. The Morgan fingerprint density at radius 2 is 1.95 bits per heavy atom. The van der Waals surface area contributed by atoms with Crippen molar-refractivity contribution in [3.63, 3.8) is 0 Å². The van der Waals surface area contributed by atoms with Crippen molar-refractivity contribution in [3.8, 4) is 22.6 Å². The number of rotatable bonds is 7. The molecule has 3 aromatic carbocycles. The average Bonchev–Trinajstić information content (AvgIpc) is 3.60. The number of nitrogens with one attached hydrogen (secondary N) is 1. The Balaban J connectivity index is 1.76. The number of hydrogen-bond donors (Lipinski definition) is 3. The molecule has 1 saturated heterocycles. The Bertz CT molecular complexity index is 1470. The first kappa shape index (κ1) is 27.7. The second-order valence-corrected chi connectivity index (χ2v) is 10.0. The minimum absolute atomic E-state index is 0.0322. The van der Waals surface area contributed by atoms with Crippen LogP contribution in [-0.2, 0) is 12.0 Å². The third-order valence-electron chi connectivity index (χ3n) is 7.49. The molecule has 1 fully saturated rings. The van der Waals surface area contributed by atoms with Gasteiger partial charge in [0.2, 0.25) is 0 Å². The van der Waals surface area contributed by atoms with Gasteiger partial charge in [-0.2, -0.15) is 0 Å². The van der Waals surface area contributed by atoms with Crippen LogP contribution in [0.5, 0.6) is 11.5 Å². The summed E-state index contributed by atoms with van der Waals surface area (Å²) in [6.45, 7) is -0.287. The lowest BCUT2D eigenvalue weighted by Gasteiger charge is -2.39. The lowest BCUT2D eigenvalue weighted by atomic mass is 9.79. The Hall–Kier alpha value is -3.89. The van der Waals surface area contributed by atoms with Crippen LogP contribution in [0.4, 0.5) is 13.6 Å². The highest BCUT2D eigenvalue weighted by atomic mass is 35.5. The van der Waals surface area contributed by atoms with Crippen molar-refractivity contribution >= 4 is 23.6 Å². The monoisotopic (exact) mass is 572 g/mol. The molecule has 2 aliphatic rings. The SMILES string of the molecule is CNC(=O)c1ccc(OCCO)c(F)c1-c1c(Cl)c(F)cc2c1C[C@](c1ccccc1)([C@@H]1CCCN1C(=O)O)O2. The van der Waals surface area contributed by atoms with E-state index in [9.17, 15) is 19.8 Å². The molecule has 2 heterocycles. The van der Waals surface area contributed by atoms with E-state index in [2.05, 4.69) is 5.32 Å². The fraction of sp³-hybridized carbons (Fsp3) is 0.310. The van der Waals surface area contributed by atoms with E-state index in [4.69, 9.17) is 21.1 Å². The molecule has 0 aliphatic carbocycles. The van der Waals surface area contributed by atoms with Crippen LogP contribution in [0.25, 0.3) is 11.1 Å². The molecule has 40 heavy (non-hydrogen) atoms. The molecule has 2 aliphatic heterocycles. The zero-order valence-corrected chi connectivity index (χ0v) is 22.3. The zero-order chi connectivity index (χ0) is 28.6. The largest absolute Gasteiger partial charge is 0.488 e. The minimum Gasteiger partial charge on any atom is -0.488 e. The maximum absolute atomic E-state index is 16.1. The Kier molecular flexibility index (Phi) is 7.57. The molecule has 0 radical (unpaired) electrons. The van der Waals surface area contributed by atoms with Gasteiger partial charge in [0.05, 0.1) is 23.2 Å². The fourth-order valence-corrected chi connectivity index (χ4v) is 6.06. The van der Waals surface area contributed by atoms with Crippen molar-refractivity contribution in [2.75, 3.05) is 26.8 Å². The number of halogens is 3. The van der Waals surface area contributed by atoms with Gasteiger partial charge in [0.25, 0.3) is 5.91 Å². The molecule has 0 spiro atoms. The predicted octanol–water partition coefficient (Wildman–Crippen LogP) is 4.99. The van der Waals surface area contributed by atoms with E-state index < -0.39 is 40.3 Å². The van der Waals surface area contributed by atoms with E-state index in [0.717, 1.165) is 6.07 Å². The maximum Gasteiger partial charge on any atom is 0.407 e. The van der Waals surface area contributed by atoms with Gasteiger partial charge >= 0.3 is 6.09 Å². The van der Waals surface area contributed by atoms with Crippen LogP contribution >= 0.6 is 11.6 Å². The first-order chi connectivity index (χ1) is 19.2. The van der Waals surface area contributed by atoms with Gasteiger partial charge in [-0.1, -0.05) is 41.9 Å². The molecule has 2 atom stereocenters. The molecular formula is C29H27ClF2N2O6. The molecule has 0 saturated carbocycles. The van der Waals surface area contributed by atoms with Gasteiger partial charge < -0.3 is 29.9 Å². The minimum atomic E-state index is -1.26. The molecule has 3 N–H and O–H groups in total. The van der Waals surface area contributed by atoms with Crippen LogP contribution < -0.4 is 14.8 Å². The summed E-state index contributed by atoms with van der Waals surface area (Å²) >= 11 is 6.52. The highest BCUT2D eigenvalue weighted by Gasteiger charge is 2.54. The van der Waals surface area contributed by atoms with Gasteiger partial charge in [0.1, 0.15) is 18.2 Å². The number of aliphatic hydroxyl groups is 1. The number of carbonyl (C=O) groups is 2. The quantitative estimate of drug-likeness (QED) is 0.368. The summed E-state index contributed by atoms with van der Waals surface area (Å²) in [4.78, 5) is 26.4. The molecule has 0 unspecified atom stereocenters. The number of carboxylic acid groups (broad SMARTS) is 1. The first-order valence-corrected chi connectivity index (χ1v) is 13.1. The topological polar surface area (TPSA) is 108 Å². The molecule has 8 nitrogen and oxygen atoms in total. The second kappa shape index (κ2) is 10.9. The van der Waals surface area contributed by atoms with Crippen LogP contribution in [0.3, 0.4) is 0 Å². The molecule has 2 amide bonds. The van der Waals surface area contributed by atoms with E-state index in [-0.39, 0.29) is 47.8 Å². The van der Waals surface area contributed by atoms with Crippen LogP contribution in [0, 0.1) is 11.6 Å². The summed E-state index contributed by atoms with van der Waals surface area (Å²) in [7, 11) is 1.38. The van der Waals surface area contributed by atoms with Gasteiger partial charge in [-0.3, -0.25) is 4.79 Å². The van der Waals surface area contributed by atoms with Crippen molar-refractivity contribution in [2.24, 2.45) is 0 Å². The van der Waals surface area contributed by atoms with E-state index in [1.807, 2.05) is 18.2 Å². The number of aliphatic hydroxyl groups excluding tert-OH is 1. The Morgan fingerprint density at radius 3 is 2.62 bits per heavy atom. The molecule has 0 bridgehead atoms. The van der Waals surface area contributed by atoms with Gasteiger partial charge in [0.15, 0.2) is 17.2 Å². The predicted molar refractivity (Wildman–Crippen MR) is 143 cm³/mol. The van der Waals surface area contributed by atoms with Crippen molar-refractivity contribution < 1.29 is 38.1 Å². The van der Waals surface area contributed by atoms with Crippen molar-refractivity contribution in [2.45, 2.75) is 30.9 Å². The van der Waals surface area contributed by atoms with Crippen LogP contribution in [0.15, 0.2) is 48.5 Å². The third kappa shape index (κ3) is 4.50. The van der Waals surface area contributed by atoms with Gasteiger partial charge in [0, 0.05) is 42.8 Å². The lowest BCUT2D eigenvalue weighted by molar-refractivity contribution is 0.00693. The molecule has 210 valence electrons. The number of likely N-dealkylation sites (tertiary alicyclic amines) is 1. The van der Waals surface area contributed by atoms with Crippen molar-refractivity contribution in [1.82, 2.24) is 10.2 Å². The third-order valence-corrected chi connectivity index (χ3v) is 7.86. The molecule has 11 heteroatoms. The second-order valence-electron chi connectivity index (χ2n) is 9.64. The van der Waals surface area contributed by atoms with Crippen LogP contribution in [0.2, 0.25) is 5.02 Å². The van der Waals surface area contributed by atoms with E-state index in [1.54, 1.807) is 12.1 Å². The van der Waals surface area contributed by atoms with Crippen LogP contribution in [0.1, 0.15) is 34.3 Å². The number of amides is 2. The number of fused-ring (bicyclic) bond motifs is 1. The number of nitrogens with zero attached hydrogens (tertiary/aromatic N) is 1. The summed E-state index contributed by atoms with van der Waals surface area (Å²) in [6, 6.07) is 12.1. The smallest absolute Gasteiger partial charge is 0.407 e. The number of ether oxygens (including phenoxy) is 2. The summed E-state index contributed by atoms with van der Waals surface area (Å²) in [6.07, 6.45) is 0.0176. The van der Waals surface area contributed by atoms with Crippen molar-refractivity contribution in [3.05, 3.63) is 81.9 Å². The van der Waals surface area contributed by atoms with E-state index in [0.29, 0.717) is 30.5 Å². The molecule has 0 aromatic heterocycles. The summed E-state index contributed by atoms with van der Waals surface area (Å²) in [5.74, 6) is -2.69. The number of benzene rings is 3. The van der Waals surface area contributed by atoms with Crippen molar-refractivity contribution in [1.29, 1.82) is 0 Å². The van der Waals surface area contributed by atoms with Gasteiger partial charge in [-0.05, 0) is 30.5 Å². The Morgan fingerprint density at radius 1 is 1.20 bits per heavy atom. The molecular weight excluding hydrogens is 546 g/mol. The average molecular weight is 573 g/mol. The summed E-state index contributed by atoms with van der Waals surface area (Å²) in [5, 5.41) is 21.2. The molecule has 5 rings (SSSR count). The van der Waals surface area contributed by atoms with E-state index >= 15 is 8.78 Å². The molecule has 3 aromatic rings. The summed E-state index contributed by atoms with van der Waals surface area (Å²) in [5.41, 5.74) is -0.755. The highest BCUT2D eigenvalue weighted by Crippen LogP contribution is 2.53. The number of hydrogen-bond acceptors (Lipinski definition) is 5. The number of carbonyl (C=O) groups excluding carboxylic acids is 1. The van der Waals surface area contributed by atoms with E-state index in [1.165, 1.54) is 24.1 Å². The van der Waals surface area contributed by atoms with Gasteiger partial charge in [-0.15, -0.1) is 0 Å². The van der Waals surface area contributed by atoms with Crippen LogP contribution in [-0.4, -0.2) is 60.0 Å². The zero-order valence-electron chi connectivity index (χ0n) is 21.5. The van der Waals surface area contributed by atoms with Gasteiger partial charge in [-0.25, -0.2) is 13.6 Å². The highest BCUT2D eigenvalue weighted by molar-refractivity contribution is 6.34. The standard InChI is InChI=1S/C29H27ClF2N2O6/c1-33-27(36)17-9-10-20(39-13-12-35)26(32)24(17)23-18-15-29(16-6-3-2-4-7-16,22-8-5-11-34(22)28(37)38)40-21(18)14-19(31)25(23)30/h2-4,6-7,9-10,14,22,35H,5,8,11-13,15H2,1H3,(H,33,36)(H,37,38)/t22-,29-/m0/s1. The fourth-order valence-electron chi connectivity index (χ4n) is 5.80. The Labute approximate surface area is 234 Å². The summed E-state index contributed by atoms with van der Waals surface area (Å²) < 4.78 is 43.4.